The van der Waals surface area contributed by atoms with Crippen LogP contribution >= 0.6 is 11.3 Å². The largest absolute Gasteiger partial charge is 0.458 e. The third kappa shape index (κ3) is 5.52. The fraction of sp³-hybridized carbons (Fsp3) is 0.370. The molecule has 0 radical (unpaired) electrons. The van der Waals surface area contributed by atoms with Crippen LogP contribution in [-0.4, -0.2) is 62.9 Å². The predicted octanol–water partition coefficient (Wildman–Crippen LogP) is 4.02. The highest BCUT2D eigenvalue weighted by Gasteiger charge is 2.47. The first-order chi connectivity index (χ1) is 18.5. The fourth-order valence-corrected chi connectivity index (χ4v) is 5.74. The first-order valence-electron chi connectivity index (χ1n) is 12.5. The molecule has 2 aromatic heterocycles. The van der Waals surface area contributed by atoms with Gasteiger partial charge in [0.05, 0.1) is 23.0 Å². The van der Waals surface area contributed by atoms with Crippen LogP contribution in [0.3, 0.4) is 0 Å². The maximum atomic E-state index is 14.2. The molecule has 2 aliphatic heterocycles. The first-order valence-corrected chi connectivity index (χ1v) is 13.3. The Hall–Kier alpha value is -3.77. The summed E-state index contributed by atoms with van der Waals surface area (Å²) in [5, 5.41) is 7.42. The van der Waals surface area contributed by atoms with E-state index < -0.39 is 41.1 Å². The molecule has 0 saturated carbocycles. The van der Waals surface area contributed by atoms with Gasteiger partial charge in [0.2, 0.25) is 0 Å². The van der Waals surface area contributed by atoms with E-state index >= 15 is 0 Å². The zero-order valence-corrected chi connectivity index (χ0v) is 22.4. The Bertz CT molecular complexity index is 1420. The van der Waals surface area contributed by atoms with Crippen molar-refractivity contribution < 1.29 is 27.9 Å². The van der Waals surface area contributed by atoms with Crippen LogP contribution in [0.4, 0.5) is 14.5 Å². The van der Waals surface area contributed by atoms with Crippen molar-refractivity contribution in [2.45, 2.75) is 57.3 Å². The minimum atomic E-state index is -0.830. The number of carbonyl (C=O) groups excluding carboxylic acids is 3. The Morgan fingerprint density at radius 1 is 1.15 bits per heavy atom. The normalized spacial score (nSPS) is 20.5. The number of ether oxygens (including phenoxy) is 1. The Labute approximate surface area is 227 Å². The summed E-state index contributed by atoms with van der Waals surface area (Å²) in [6.07, 6.45) is 4.30. The number of thiazole rings is 1. The first kappa shape index (κ1) is 26.8. The summed E-state index contributed by atoms with van der Waals surface area (Å²) in [4.78, 5) is 49.6. The lowest BCUT2D eigenvalue weighted by Gasteiger charge is -2.40. The van der Waals surface area contributed by atoms with Crippen LogP contribution in [0.1, 0.15) is 54.5 Å². The summed E-state index contributed by atoms with van der Waals surface area (Å²) in [5.41, 5.74) is -0.863. The van der Waals surface area contributed by atoms with Crippen LogP contribution < -0.4 is 10.6 Å². The Kier molecular flexibility index (Phi) is 7.17. The van der Waals surface area contributed by atoms with Crippen molar-refractivity contribution in [2.75, 3.05) is 11.9 Å². The number of hydrogen-bond acceptors (Lipinski definition) is 8. The number of aromatic nitrogens is 2. The van der Waals surface area contributed by atoms with Gasteiger partial charge in [-0.15, -0.1) is 11.3 Å². The van der Waals surface area contributed by atoms with Crippen molar-refractivity contribution in [2.24, 2.45) is 0 Å². The van der Waals surface area contributed by atoms with Gasteiger partial charge < -0.3 is 20.3 Å². The lowest BCUT2D eigenvalue weighted by atomic mass is 10.0. The zero-order valence-electron chi connectivity index (χ0n) is 21.5. The topological polar surface area (TPSA) is 114 Å². The molecule has 204 valence electrons. The van der Waals surface area contributed by atoms with Gasteiger partial charge >= 0.3 is 5.97 Å². The van der Waals surface area contributed by atoms with E-state index in [1.165, 1.54) is 34.8 Å². The summed E-state index contributed by atoms with van der Waals surface area (Å²) >= 11 is 0.917. The van der Waals surface area contributed by atoms with E-state index in [4.69, 9.17) is 4.74 Å². The quantitative estimate of drug-likeness (QED) is 0.457. The molecule has 3 atom stereocenters. The number of anilines is 1. The molecule has 2 amide bonds. The second-order valence-corrected chi connectivity index (χ2v) is 11.4. The summed E-state index contributed by atoms with van der Waals surface area (Å²) in [6.45, 7) is 5.61. The number of amides is 2. The number of piperazine rings is 1. The van der Waals surface area contributed by atoms with Crippen LogP contribution in [0.15, 0.2) is 42.0 Å². The molecular formula is C27H27F2N5O4S. The van der Waals surface area contributed by atoms with Crippen molar-refractivity contribution in [3.05, 3.63) is 64.9 Å². The van der Waals surface area contributed by atoms with Crippen LogP contribution in [-0.2, 0) is 9.53 Å². The number of fused-ring (bicyclic) bond motifs is 2. The highest BCUT2D eigenvalue weighted by Crippen LogP contribution is 2.31. The van der Waals surface area contributed by atoms with E-state index in [1.807, 2.05) is 0 Å². The lowest BCUT2D eigenvalue weighted by molar-refractivity contribution is -0.162. The van der Waals surface area contributed by atoms with E-state index in [9.17, 15) is 23.2 Å². The van der Waals surface area contributed by atoms with Gasteiger partial charge in [-0.25, -0.2) is 18.6 Å². The average Bonchev–Trinajstić information content (AvgIpc) is 3.50. The number of nitrogens with zero attached hydrogens (tertiary/aromatic N) is 3. The molecule has 12 heteroatoms. The molecule has 39 heavy (non-hydrogen) atoms. The molecule has 3 aromatic rings. The minimum absolute atomic E-state index is 0.00901. The monoisotopic (exact) mass is 555 g/mol. The van der Waals surface area contributed by atoms with Crippen LogP contribution in [0, 0.1) is 11.6 Å². The molecule has 0 aliphatic carbocycles. The minimum Gasteiger partial charge on any atom is -0.458 e. The molecule has 5 rings (SSSR count). The molecule has 2 N–H and O–H groups in total. The Morgan fingerprint density at radius 3 is 2.62 bits per heavy atom. The van der Waals surface area contributed by atoms with Gasteiger partial charge in [-0.3, -0.25) is 14.6 Å². The summed E-state index contributed by atoms with van der Waals surface area (Å²) < 4.78 is 34.0. The maximum Gasteiger partial charge on any atom is 0.331 e. The smallest absolute Gasteiger partial charge is 0.331 e. The number of halogens is 2. The third-order valence-electron chi connectivity index (χ3n) is 6.53. The lowest BCUT2D eigenvalue weighted by Crippen LogP contribution is -2.63. The number of rotatable bonds is 5. The average molecular weight is 556 g/mol. The molecular weight excluding hydrogens is 528 g/mol. The van der Waals surface area contributed by atoms with Gasteiger partial charge in [-0.05, 0) is 51.8 Å². The molecule has 1 aromatic carbocycles. The van der Waals surface area contributed by atoms with Crippen molar-refractivity contribution in [1.29, 1.82) is 0 Å². The highest BCUT2D eigenvalue weighted by atomic mass is 32.1. The van der Waals surface area contributed by atoms with Crippen LogP contribution in [0.2, 0.25) is 0 Å². The van der Waals surface area contributed by atoms with Gasteiger partial charge in [0.25, 0.3) is 11.8 Å². The summed E-state index contributed by atoms with van der Waals surface area (Å²) in [5.74, 6) is -3.21. The predicted molar refractivity (Wildman–Crippen MR) is 140 cm³/mol. The van der Waals surface area contributed by atoms with E-state index in [0.29, 0.717) is 6.54 Å². The van der Waals surface area contributed by atoms with Gasteiger partial charge in [0.15, 0.2) is 0 Å². The van der Waals surface area contributed by atoms with Gasteiger partial charge in [-0.2, -0.15) is 0 Å². The van der Waals surface area contributed by atoms with Crippen LogP contribution in [0.25, 0.3) is 10.6 Å². The Balaban J connectivity index is 1.39. The number of carbonyl (C=O) groups is 3. The van der Waals surface area contributed by atoms with E-state index in [-0.39, 0.29) is 39.6 Å². The summed E-state index contributed by atoms with van der Waals surface area (Å²) in [6, 6.07) is 3.91. The molecule has 9 nitrogen and oxygen atoms in total. The second-order valence-electron chi connectivity index (χ2n) is 10.5. The standard InChI is InChI=1S/C27H27F2N5O4S/c1-27(2,3)38-26(37)22-18-8-7-14(31-18)12-34(22)25(36)15-9-10-30-11-19(15)32-23(35)20-13-39-24(33-20)21-16(28)5-4-6-17(21)29/h4-6,9-11,13-14,18,22,31H,7-8,12H2,1-3H3,(H,32,35). The van der Waals surface area contributed by atoms with Gasteiger partial charge in [0, 0.05) is 30.2 Å². The molecule has 3 unspecified atom stereocenters. The molecule has 2 bridgehead atoms. The zero-order chi connectivity index (χ0) is 27.9. The molecule has 2 aliphatic rings. The number of pyridine rings is 1. The number of likely N-dealkylation sites (tertiary alicyclic amines) is 1. The van der Waals surface area contributed by atoms with E-state index in [1.54, 1.807) is 20.8 Å². The van der Waals surface area contributed by atoms with Gasteiger partial charge in [0.1, 0.15) is 34.0 Å². The SMILES string of the molecule is CC(C)(C)OC(=O)C1C2CCC(CN1C(=O)c1ccncc1NC(=O)c1csc(-c3c(F)cccc3F)n1)N2. The number of hydrogen-bond donors (Lipinski definition) is 2. The van der Waals surface area contributed by atoms with Crippen molar-refractivity contribution in [1.82, 2.24) is 20.2 Å². The van der Waals surface area contributed by atoms with Crippen molar-refractivity contribution in [3.8, 4) is 10.6 Å². The number of benzene rings is 1. The highest BCUT2D eigenvalue weighted by molar-refractivity contribution is 7.13. The molecule has 0 spiro atoms. The number of esters is 1. The van der Waals surface area contributed by atoms with Crippen molar-refractivity contribution >= 4 is 34.8 Å². The van der Waals surface area contributed by atoms with E-state index in [0.717, 1.165) is 36.3 Å². The Morgan fingerprint density at radius 2 is 1.90 bits per heavy atom. The van der Waals surface area contributed by atoms with Crippen LogP contribution in [0.5, 0.6) is 0 Å². The van der Waals surface area contributed by atoms with Gasteiger partial charge in [-0.1, -0.05) is 6.07 Å². The fourth-order valence-electron chi connectivity index (χ4n) is 4.89. The molecule has 4 heterocycles. The molecule has 2 fully saturated rings. The second kappa shape index (κ2) is 10.4. The summed E-state index contributed by atoms with van der Waals surface area (Å²) in [7, 11) is 0. The number of nitrogens with one attached hydrogen (secondary N) is 2. The molecule has 2 saturated heterocycles. The third-order valence-corrected chi connectivity index (χ3v) is 7.39. The van der Waals surface area contributed by atoms with Crippen molar-refractivity contribution in [3.63, 3.8) is 0 Å². The van der Waals surface area contributed by atoms with E-state index in [2.05, 4.69) is 20.6 Å². The maximum absolute atomic E-state index is 14.2.